The van der Waals surface area contributed by atoms with E-state index in [0.29, 0.717) is 17.7 Å². The summed E-state index contributed by atoms with van der Waals surface area (Å²) in [6.45, 7) is 9.96. The molecule has 0 unspecified atom stereocenters. The summed E-state index contributed by atoms with van der Waals surface area (Å²) in [5, 5.41) is 14.6. The molecule has 2 aliphatic rings. The number of nitrogens with zero attached hydrogens (tertiary/aromatic N) is 2. The van der Waals surface area contributed by atoms with Gasteiger partial charge < -0.3 is 25.5 Å². The van der Waals surface area contributed by atoms with E-state index >= 15 is 0 Å². The highest BCUT2D eigenvalue weighted by molar-refractivity contribution is 6.02. The first-order valence-corrected chi connectivity index (χ1v) is 11.1. The van der Waals surface area contributed by atoms with E-state index in [1.807, 2.05) is 44.7 Å². The minimum atomic E-state index is -1.12. The Morgan fingerprint density at radius 3 is 2.66 bits per heavy atom. The zero-order chi connectivity index (χ0) is 22.8. The lowest BCUT2D eigenvalue weighted by Crippen LogP contribution is -2.52. The summed E-state index contributed by atoms with van der Waals surface area (Å²) < 4.78 is 0. The fourth-order valence-corrected chi connectivity index (χ4v) is 4.66. The van der Waals surface area contributed by atoms with Gasteiger partial charge in [0, 0.05) is 48.4 Å². The summed E-state index contributed by atoms with van der Waals surface area (Å²) in [4.78, 5) is 41.0. The standard InChI is InChI=1S/C23H34N4O4.ClH/c1-15(2)27(18-6-5-9-24-14-18)20(28)16-7-8-17-13-23(3,4)21(29)26(19(17)12-16)11-10-25-22(30)31;/h7-8,12,15,18,24-25H,5-6,9-11,13-14H2,1-4H3,(H,30,31);1H/t18-;/m1./s1. The van der Waals surface area contributed by atoms with Crippen molar-refractivity contribution in [1.82, 2.24) is 15.5 Å². The minimum absolute atomic E-state index is 0. The average molecular weight is 467 g/mol. The maximum absolute atomic E-state index is 13.5. The number of carbonyl (C=O) groups is 3. The normalized spacial score (nSPS) is 19.7. The van der Waals surface area contributed by atoms with Crippen LogP contribution in [0.25, 0.3) is 0 Å². The van der Waals surface area contributed by atoms with Gasteiger partial charge in [-0.2, -0.15) is 0 Å². The van der Waals surface area contributed by atoms with Crippen LogP contribution in [0.3, 0.4) is 0 Å². The topological polar surface area (TPSA) is 102 Å². The second-order valence-corrected chi connectivity index (χ2v) is 9.40. The highest BCUT2D eigenvalue weighted by atomic mass is 35.5. The number of halogens is 1. The van der Waals surface area contributed by atoms with Crippen molar-refractivity contribution in [1.29, 1.82) is 0 Å². The van der Waals surface area contributed by atoms with Crippen molar-refractivity contribution >= 4 is 36.0 Å². The molecule has 0 aliphatic carbocycles. The van der Waals surface area contributed by atoms with E-state index in [9.17, 15) is 14.4 Å². The minimum Gasteiger partial charge on any atom is -0.465 e. The molecule has 178 valence electrons. The molecule has 9 heteroatoms. The Labute approximate surface area is 196 Å². The molecule has 0 saturated carbocycles. The highest BCUT2D eigenvalue weighted by Crippen LogP contribution is 2.38. The van der Waals surface area contributed by atoms with E-state index in [0.717, 1.165) is 31.5 Å². The maximum atomic E-state index is 13.5. The Morgan fingerprint density at radius 2 is 2.06 bits per heavy atom. The van der Waals surface area contributed by atoms with Gasteiger partial charge in [-0.3, -0.25) is 9.59 Å². The Morgan fingerprint density at radius 1 is 1.34 bits per heavy atom. The van der Waals surface area contributed by atoms with E-state index in [1.54, 1.807) is 11.0 Å². The van der Waals surface area contributed by atoms with Gasteiger partial charge in [-0.05, 0) is 57.4 Å². The average Bonchev–Trinajstić information content (AvgIpc) is 2.70. The highest BCUT2D eigenvalue weighted by Gasteiger charge is 2.39. The molecule has 8 nitrogen and oxygen atoms in total. The number of nitrogens with one attached hydrogen (secondary N) is 2. The van der Waals surface area contributed by atoms with Crippen LogP contribution < -0.4 is 15.5 Å². The van der Waals surface area contributed by atoms with Crippen LogP contribution in [-0.2, 0) is 11.2 Å². The molecule has 2 heterocycles. The van der Waals surface area contributed by atoms with Crippen LogP contribution in [0.2, 0.25) is 0 Å². The van der Waals surface area contributed by atoms with Crippen molar-refractivity contribution in [2.45, 2.75) is 59.0 Å². The van der Waals surface area contributed by atoms with E-state index in [4.69, 9.17) is 5.11 Å². The number of carboxylic acid groups (broad SMARTS) is 1. The van der Waals surface area contributed by atoms with Crippen molar-refractivity contribution in [2.24, 2.45) is 5.41 Å². The molecule has 1 atom stereocenters. The molecule has 2 aliphatic heterocycles. The Bertz CT molecular complexity index is 852. The first-order valence-electron chi connectivity index (χ1n) is 11.1. The zero-order valence-electron chi connectivity index (χ0n) is 19.3. The fourth-order valence-electron chi connectivity index (χ4n) is 4.66. The summed E-state index contributed by atoms with van der Waals surface area (Å²) in [6.07, 6.45) is 1.47. The summed E-state index contributed by atoms with van der Waals surface area (Å²) >= 11 is 0. The molecule has 3 rings (SSSR count). The fraction of sp³-hybridized carbons (Fsp3) is 0.609. The lowest BCUT2D eigenvalue weighted by Gasteiger charge is -2.40. The molecule has 1 aromatic rings. The van der Waals surface area contributed by atoms with Crippen molar-refractivity contribution in [3.8, 4) is 0 Å². The molecule has 1 saturated heterocycles. The molecule has 0 bridgehead atoms. The summed E-state index contributed by atoms with van der Waals surface area (Å²) in [6, 6.07) is 5.80. The van der Waals surface area contributed by atoms with Gasteiger partial charge in [-0.15, -0.1) is 12.4 Å². The van der Waals surface area contributed by atoms with E-state index in [2.05, 4.69) is 10.6 Å². The molecule has 1 aromatic carbocycles. The third-order valence-corrected chi connectivity index (χ3v) is 6.15. The maximum Gasteiger partial charge on any atom is 0.404 e. The quantitative estimate of drug-likeness (QED) is 0.598. The van der Waals surface area contributed by atoms with Crippen LogP contribution in [0.1, 0.15) is 56.5 Å². The molecular formula is C23H35ClN4O4. The summed E-state index contributed by atoms with van der Waals surface area (Å²) in [7, 11) is 0. The molecule has 3 N–H and O–H groups in total. The number of rotatable bonds is 6. The molecule has 32 heavy (non-hydrogen) atoms. The lowest BCUT2D eigenvalue weighted by atomic mass is 9.80. The molecule has 0 radical (unpaired) electrons. The predicted molar refractivity (Wildman–Crippen MR) is 127 cm³/mol. The molecule has 0 spiro atoms. The smallest absolute Gasteiger partial charge is 0.404 e. The van der Waals surface area contributed by atoms with Gasteiger partial charge in [-0.25, -0.2) is 4.79 Å². The van der Waals surface area contributed by atoms with Gasteiger partial charge in [0.05, 0.1) is 0 Å². The third-order valence-electron chi connectivity index (χ3n) is 6.15. The number of anilines is 1. The van der Waals surface area contributed by atoms with Crippen LogP contribution in [0.5, 0.6) is 0 Å². The van der Waals surface area contributed by atoms with Gasteiger partial charge in [-0.1, -0.05) is 19.9 Å². The van der Waals surface area contributed by atoms with Gasteiger partial charge >= 0.3 is 6.09 Å². The molecular weight excluding hydrogens is 432 g/mol. The monoisotopic (exact) mass is 466 g/mol. The number of amides is 3. The predicted octanol–water partition coefficient (Wildman–Crippen LogP) is 2.89. The summed E-state index contributed by atoms with van der Waals surface area (Å²) in [5.74, 6) is -0.0959. The van der Waals surface area contributed by atoms with Crippen molar-refractivity contribution in [3.63, 3.8) is 0 Å². The van der Waals surface area contributed by atoms with E-state index < -0.39 is 11.5 Å². The number of carbonyl (C=O) groups excluding carboxylic acids is 2. The second kappa shape index (κ2) is 10.5. The number of fused-ring (bicyclic) bond motifs is 1. The first kappa shape index (κ1) is 25.9. The van der Waals surface area contributed by atoms with Crippen LogP contribution in [0, 0.1) is 5.41 Å². The third kappa shape index (κ3) is 5.53. The SMILES string of the molecule is CC(C)N(C(=O)c1ccc2c(c1)N(CCNC(=O)O)C(=O)C(C)(C)C2)[C@@H]1CCCNC1.Cl. The molecule has 0 aromatic heterocycles. The number of hydrogen-bond donors (Lipinski definition) is 3. The molecule has 1 fully saturated rings. The van der Waals surface area contributed by atoms with E-state index in [1.165, 1.54) is 0 Å². The Kier molecular flexibility index (Phi) is 8.54. The van der Waals surface area contributed by atoms with Crippen LogP contribution in [0.4, 0.5) is 10.5 Å². The van der Waals surface area contributed by atoms with Crippen LogP contribution in [-0.4, -0.2) is 66.2 Å². The van der Waals surface area contributed by atoms with Gasteiger partial charge in [0.2, 0.25) is 5.91 Å². The largest absolute Gasteiger partial charge is 0.465 e. The van der Waals surface area contributed by atoms with Crippen molar-refractivity contribution in [3.05, 3.63) is 29.3 Å². The lowest BCUT2D eigenvalue weighted by molar-refractivity contribution is -0.127. The Balaban J connectivity index is 0.00000363. The molecule has 3 amide bonds. The second-order valence-electron chi connectivity index (χ2n) is 9.40. The zero-order valence-corrected chi connectivity index (χ0v) is 20.1. The van der Waals surface area contributed by atoms with Crippen molar-refractivity contribution in [2.75, 3.05) is 31.1 Å². The first-order chi connectivity index (χ1) is 14.6. The van der Waals surface area contributed by atoms with Gasteiger partial charge in [0.15, 0.2) is 0 Å². The Hall–Kier alpha value is -2.32. The number of piperidine rings is 1. The van der Waals surface area contributed by atoms with Gasteiger partial charge in [0.1, 0.15) is 0 Å². The van der Waals surface area contributed by atoms with E-state index in [-0.39, 0.29) is 49.4 Å². The van der Waals surface area contributed by atoms with Crippen LogP contribution in [0.15, 0.2) is 18.2 Å². The summed E-state index contributed by atoms with van der Waals surface area (Å²) in [5.41, 5.74) is 1.67. The number of hydrogen-bond acceptors (Lipinski definition) is 4. The van der Waals surface area contributed by atoms with Crippen molar-refractivity contribution < 1.29 is 19.5 Å². The number of benzene rings is 1. The van der Waals surface area contributed by atoms with Gasteiger partial charge in [0.25, 0.3) is 5.91 Å². The van der Waals surface area contributed by atoms with Crippen LogP contribution >= 0.6 is 12.4 Å².